The average molecular weight is 439 g/mol. The molecule has 6 nitrogen and oxygen atoms in total. The molecule has 2 heterocycles. The third-order valence-electron chi connectivity index (χ3n) is 5.93. The van der Waals surface area contributed by atoms with Crippen molar-refractivity contribution >= 4 is 11.8 Å². The first-order valence-electron chi connectivity index (χ1n) is 10.3. The number of carbonyl (C=O) groups is 2. The van der Waals surface area contributed by atoms with Gasteiger partial charge in [-0.05, 0) is 42.3 Å². The van der Waals surface area contributed by atoms with Crippen molar-refractivity contribution in [2.45, 2.75) is 19.3 Å². The predicted molar refractivity (Wildman–Crippen MR) is 113 cm³/mol. The second-order valence-electron chi connectivity index (χ2n) is 8.06. The summed E-state index contributed by atoms with van der Waals surface area (Å²) < 4.78 is 32.6. The quantitative estimate of drug-likeness (QED) is 0.639. The van der Waals surface area contributed by atoms with Gasteiger partial charge in [0.25, 0.3) is 0 Å². The van der Waals surface area contributed by atoms with Crippen LogP contribution >= 0.6 is 0 Å². The summed E-state index contributed by atoms with van der Waals surface area (Å²) in [7, 11) is 1.55. The first-order valence-corrected chi connectivity index (χ1v) is 10.3. The highest BCUT2D eigenvalue weighted by Crippen LogP contribution is 2.36. The Bertz CT molecular complexity index is 1130. The fourth-order valence-corrected chi connectivity index (χ4v) is 4.16. The van der Waals surface area contributed by atoms with Crippen LogP contribution in [-0.4, -0.2) is 42.0 Å². The van der Waals surface area contributed by atoms with Crippen molar-refractivity contribution in [3.63, 3.8) is 0 Å². The standard InChI is InChI=1S/C24H23F2N3O3/c1-27-23(31)24(14-19-13-21(28-32-19)16-6-8-18(25)9-7-16)10-11-29(15-24)22(30)12-17-4-2-3-5-20(17)26/h2-9,13H,10-12,14-15H2,1H3,(H,27,31)/t24-/m1/s1. The zero-order chi connectivity index (χ0) is 22.7. The molecule has 2 amide bonds. The fraction of sp³-hybridized carbons (Fsp3) is 0.292. The maximum atomic E-state index is 13.9. The zero-order valence-corrected chi connectivity index (χ0v) is 17.6. The van der Waals surface area contributed by atoms with E-state index in [4.69, 9.17) is 4.52 Å². The van der Waals surface area contributed by atoms with Gasteiger partial charge in [-0.3, -0.25) is 9.59 Å². The Labute approximate surface area is 184 Å². The van der Waals surface area contributed by atoms with Gasteiger partial charge in [-0.2, -0.15) is 0 Å². The van der Waals surface area contributed by atoms with Gasteiger partial charge in [0.05, 0.1) is 11.8 Å². The molecule has 1 saturated heterocycles. The van der Waals surface area contributed by atoms with Crippen molar-refractivity contribution in [2.24, 2.45) is 5.41 Å². The summed E-state index contributed by atoms with van der Waals surface area (Å²) in [6, 6.07) is 13.8. The van der Waals surface area contributed by atoms with Crippen LogP contribution in [0, 0.1) is 17.0 Å². The molecule has 0 saturated carbocycles. The molecule has 4 rings (SSSR count). The summed E-state index contributed by atoms with van der Waals surface area (Å²) in [6.45, 7) is 0.589. The molecule has 166 valence electrons. The number of aromatic nitrogens is 1. The molecule has 1 atom stereocenters. The Balaban J connectivity index is 1.50. The number of benzene rings is 2. The average Bonchev–Trinajstić information content (AvgIpc) is 3.44. The summed E-state index contributed by atoms with van der Waals surface area (Å²) in [5.74, 6) is -0.699. The molecule has 1 N–H and O–H groups in total. The minimum Gasteiger partial charge on any atom is -0.361 e. The SMILES string of the molecule is CNC(=O)[C@@]1(Cc2cc(-c3ccc(F)cc3)no2)CCN(C(=O)Cc2ccccc2F)C1. The maximum Gasteiger partial charge on any atom is 0.228 e. The number of hydrogen-bond donors (Lipinski definition) is 1. The van der Waals surface area contributed by atoms with Gasteiger partial charge in [0, 0.05) is 38.2 Å². The van der Waals surface area contributed by atoms with Gasteiger partial charge < -0.3 is 14.7 Å². The Morgan fingerprint density at radius 1 is 1.16 bits per heavy atom. The molecule has 3 aromatic rings. The zero-order valence-electron chi connectivity index (χ0n) is 17.6. The largest absolute Gasteiger partial charge is 0.361 e. The summed E-state index contributed by atoms with van der Waals surface area (Å²) in [4.78, 5) is 27.2. The third-order valence-corrected chi connectivity index (χ3v) is 5.93. The van der Waals surface area contributed by atoms with Crippen molar-refractivity contribution in [1.29, 1.82) is 0 Å². The molecule has 8 heteroatoms. The lowest BCUT2D eigenvalue weighted by Gasteiger charge is -2.26. The first kappa shape index (κ1) is 21.7. The van der Waals surface area contributed by atoms with E-state index >= 15 is 0 Å². The Kier molecular flexibility index (Phi) is 6.03. The van der Waals surface area contributed by atoms with Crippen LogP contribution in [0.3, 0.4) is 0 Å². The van der Waals surface area contributed by atoms with Gasteiger partial charge >= 0.3 is 0 Å². The number of rotatable bonds is 6. The van der Waals surface area contributed by atoms with Gasteiger partial charge in [0.1, 0.15) is 23.1 Å². The molecule has 32 heavy (non-hydrogen) atoms. The summed E-state index contributed by atoms with van der Waals surface area (Å²) in [5, 5.41) is 6.73. The monoisotopic (exact) mass is 439 g/mol. The third kappa shape index (κ3) is 4.39. The maximum absolute atomic E-state index is 13.9. The number of hydrogen-bond acceptors (Lipinski definition) is 4. The molecule has 1 aliphatic rings. The van der Waals surface area contributed by atoms with E-state index in [1.165, 1.54) is 18.2 Å². The Hall–Kier alpha value is -3.55. The van der Waals surface area contributed by atoms with Crippen molar-refractivity contribution in [3.05, 3.63) is 77.6 Å². The van der Waals surface area contributed by atoms with E-state index in [9.17, 15) is 18.4 Å². The lowest BCUT2D eigenvalue weighted by molar-refractivity contribution is -0.132. The summed E-state index contributed by atoms with van der Waals surface area (Å²) in [5.41, 5.74) is 0.689. The minimum absolute atomic E-state index is 0.0620. The van der Waals surface area contributed by atoms with Crippen LogP contribution in [0.25, 0.3) is 11.3 Å². The molecule has 1 aromatic heterocycles. The van der Waals surface area contributed by atoms with Gasteiger partial charge in [0.2, 0.25) is 11.8 Å². The Morgan fingerprint density at radius 3 is 2.62 bits per heavy atom. The normalized spacial score (nSPS) is 18.0. The molecule has 0 bridgehead atoms. The minimum atomic E-state index is -0.876. The first-order chi connectivity index (χ1) is 15.4. The smallest absolute Gasteiger partial charge is 0.228 e. The molecular formula is C24H23F2N3O3. The summed E-state index contributed by atoms with van der Waals surface area (Å²) in [6.07, 6.45) is 0.639. The highest BCUT2D eigenvalue weighted by Gasteiger charge is 2.46. The Morgan fingerprint density at radius 2 is 1.91 bits per heavy atom. The molecule has 0 unspecified atom stereocenters. The molecule has 0 aliphatic carbocycles. The van der Waals surface area contributed by atoms with E-state index in [0.29, 0.717) is 35.5 Å². The van der Waals surface area contributed by atoms with E-state index in [2.05, 4.69) is 10.5 Å². The molecule has 2 aromatic carbocycles. The predicted octanol–water partition coefficient (Wildman–Crippen LogP) is 3.37. The molecule has 0 radical (unpaired) electrons. The highest BCUT2D eigenvalue weighted by atomic mass is 19.1. The molecule has 0 spiro atoms. The highest BCUT2D eigenvalue weighted by molar-refractivity contribution is 5.86. The second-order valence-corrected chi connectivity index (χ2v) is 8.06. The number of carbonyl (C=O) groups excluding carboxylic acids is 2. The van der Waals surface area contributed by atoms with E-state index in [1.54, 1.807) is 48.3 Å². The van der Waals surface area contributed by atoms with Crippen molar-refractivity contribution in [2.75, 3.05) is 20.1 Å². The lowest BCUT2D eigenvalue weighted by Crippen LogP contribution is -2.44. The van der Waals surface area contributed by atoms with Crippen LogP contribution in [0.5, 0.6) is 0 Å². The van der Waals surface area contributed by atoms with E-state index in [1.807, 2.05) is 0 Å². The summed E-state index contributed by atoms with van der Waals surface area (Å²) >= 11 is 0. The van der Waals surface area contributed by atoms with Gasteiger partial charge in [-0.25, -0.2) is 8.78 Å². The van der Waals surface area contributed by atoms with Crippen LogP contribution in [0.4, 0.5) is 8.78 Å². The van der Waals surface area contributed by atoms with Crippen molar-refractivity contribution in [1.82, 2.24) is 15.4 Å². The van der Waals surface area contributed by atoms with Crippen LogP contribution in [-0.2, 0) is 22.4 Å². The van der Waals surface area contributed by atoms with Gasteiger partial charge in [-0.15, -0.1) is 0 Å². The molecule has 1 fully saturated rings. The van der Waals surface area contributed by atoms with E-state index in [-0.39, 0.29) is 37.0 Å². The number of nitrogens with one attached hydrogen (secondary N) is 1. The fourth-order valence-electron chi connectivity index (χ4n) is 4.16. The van der Waals surface area contributed by atoms with Crippen LogP contribution in [0.1, 0.15) is 17.7 Å². The number of likely N-dealkylation sites (tertiary alicyclic amines) is 1. The number of nitrogens with zero attached hydrogens (tertiary/aromatic N) is 2. The van der Waals surface area contributed by atoms with Crippen LogP contribution in [0.15, 0.2) is 59.1 Å². The number of halogens is 2. The second kappa shape index (κ2) is 8.90. The molecule has 1 aliphatic heterocycles. The topological polar surface area (TPSA) is 75.4 Å². The van der Waals surface area contributed by atoms with E-state index in [0.717, 1.165) is 0 Å². The van der Waals surface area contributed by atoms with Crippen LogP contribution in [0.2, 0.25) is 0 Å². The van der Waals surface area contributed by atoms with Crippen molar-refractivity contribution < 1.29 is 22.9 Å². The van der Waals surface area contributed by atoms with Gasteiger partial charge in [0.15, 0.2) is 0 Å². The lowest BCUT2D eigenvalue weighted by atomic mass is 9.81. The van der Waals surface area contributed by atoms with Crippen LogP contribution < -0.4 is 5.32 Å². The van der Waals surface area contributed by atoms with Gasteiger partial charge in [-0.1, -0.05) is 23.4 Å². The number of amides is 2. The van der Waals surface area contributed by atoms with E-state index < -0.39 is 11.2 Å². The van der Waals surface area contributed by atoms with Crippen molar-refractivity contribution in [3.8, 4) is 11.3 Å². The molecular weight excluding hydrogens is 416 g/mol.